The van der Waals surface area contributed by atoms with Gasteiger partial charge in [0.05, 0.1) is 12.0 Å². The molecule has 31 heavy (non-hydrogen) atoms. The zero-order valence-electron chi connectivity index (χ0n) is 19.1. The number of rotatable bonds is 16. The van der Waals surface area contributed by atoms with Gasteiger partial charge in [0.25, 0.3) is 0 Å². The Labute approximate surface area is 188 Å². The lowest BCUT2D eigenvalue weighted by molar-refractivity contribution is -0.121. The van der Waals surface area contributed by atoms with Crippen LogP contribution in [0.4, 0.5) is 0 Å². The highest BCUT2D eigenvalue weighted by atomic mass is 16.3. The van der Waals surface area contributed by atoms with Crippen LogP contribution in [0.2, 0.25) is 0 Å². The second kappa shape index (κ2) is 14.8. The van der Waals surface area contributed by atoms with Crippen LogP contribution in [0.5, 0.6) is 5.75 Å². The average molecular weight is 425 g/mol. The fraction of sp³-hybridized carbons (Fsp3) is 0.536. The Hall–Kier alpha value is -2.13. The number of carbonyl (C=O) groups excluding carboxylic acids is 1. The molecule has 0 aliphatic carbocycles. The second-order valence-electron chi connectivity index (χ2n) is 8.73. The molecule has 0 spiro atoms. The van der Waals surface area contributed by atoms with Crippen molar-refractivity contribution in [2.75, 3.05) is 0 Å². The van der Waals surface area contributed by atoms with Crippen molar-refractivity contribution in [3.63, 3.8) is 0 Å². The van der Waals surface area contributed by atoms with E-state index in [1.54, 1.807) is 24.3 Å². The normalized spacial score (nSPS) is 13.1. The van der Waals surface area contributed by atoms with Gasteiger partial charge in [-0.05, 0) is 29.7 Å². The van der Waals surface area contributed by atoms with Gasteiger partial charge in [-0.3, -0.25) is 4.79 Å². The minimum atomic E-state index is -0.593. The molecule has 2 rings (SSSR count). The maximum absolute atomic E-state index is 13.1. The number of aliphatic hydroxyl groups is 1. The lowest BCUT2D eigenvalue weighted by Crippen LogP contribution is -2.20. The van der Waals surface area contributed by atoms with Gasteiger partial charge in [0.2, 0.25) is 0 Å². The van der Waals surface area contributed by atoms with Crippen LogP contribution < -0.4 is 0 Å². The Kier molecular flexibility index (Phi) is 12.0. The summed E-state index contributed by atoms with van der Waals surface area (Å²) in [5, 5.41) is 20.1. The molecule has 2 atom stereocenters. The Morgan fingerprint density at radius 1 is 0.742 bits per heavy atom. The number of hydrogen-bond donors (Lipinski definition) is 2. The van der Waals surface area contributed by atoms with E-state index >= 15 is 0 Å². The first-order chi connectivity index (χ1) is 15.1. The topological polar surface area (TPSA) is 57.5 Å². The minimum absolute atomic E-state index is 0.0245. The Bertz CT molecular complexity index is 724. The zero-order valence-corrected chi connectivity index (χ0v) is 19.1. The van der Waals surface area contributed by atoms with Crippen molar-refractivity contribution in [1.82, 2.24) is 0 Å². The van der Waals surface area contributed by atoms with E-state index in [4.69, 9.17) is 0 Å². The fourth-order valence-corrected chi connectivity index (χ4v) is 4.20. The molecule has 0 saturated carbocycles. The summed E-state index contributed by atoms with van der Waals surface area (Å²) in [6.45, 7) is 2.25. The van der Waals surface area contributed by atoms with Crippen LogP contribution in [0.15, 0.2) is 54.6 Å². The zero-order chi connectivity index (χ0) is 22.3. The van der Waals surface area contributed by atoms with E-state index in [9.17, 15) is 15.0 Å². The summed E-state index contributed by atoms with van der Waals surface area (Å²) < 4.78 is 0. The summed E-state index contributed by atoms with van der Waals surface area (Å²) in [6, 6.07) is 16.5. The van der Waals surface area contributed by atoms with Gasteiger partial charge in [-0.2, -0.15) is 0 Å². The van der Waals surface area contributed by atoms with Crippen molar-refractivity contribution in [3.8, 4) is 5.75 Å². The highest BCUT2D eigenvalue weighted by Crippen LogP contribution is 2.29. The maximum Gasteiger partial charge on any atom is 0.147 e. The molecule has 2 aromatic rings. The van der Waals surface area contributed by atoms with Crippen LogP contribution in [0.1, 0.15) is 101 Å². The van der Waals surface area contributed by atoms with Gasteiger partial charge in [-0.25, -0.2) is 0 Å². The van der Waals surface area contributed by atoms with E-state index in [1.807, 2.05) is 30.3 Å². The van der Waals surface area contributed by atoms with Crippen LogP contribution >= 0.6 is 0 Å². The van der Waals surface area contributed by atoms with Gasteiger partial charge >= 0.3 is 0 Å². The Balaban J connectivity index is 1.75. The molecule has 0 aliphatic heterocycles. The lowest BCUT2D eigenvalue weighted by atomic mass is 9.85. The third-order valence-electron chi connectivity index (χ3n) is 6.01. The molecule has 3 nitrogen and oxygen atoms in total. The van der Waals surface area contributed by atoms with Crippen molar-refractivity contribution >= 4 is 5.78 Å². The SMILES string of the molecule is CCCCCCCCCCCCC(O)CC(=O)C(c1ccccc1)c1ccc(O)cc1. The van der Waals surface area contributed by atoms with E-state index < -0.39 is 12.0 Å². The van der Waals surface area contributed by atoms with Crippen LogP contribution in [0.3, 0.4) is 0 Å². The number of hydrogen-bond acceptors (Lipinski definition) is 3. The molecular weight excluding hydrogens is 384 g/mol. The molecule has 0 aliphatic rings. The van der Waals surface area contributed by atoms with Gasteiger partial charge in [-0.15, -0.1) is 0 Å². The number of phenols is 1. The van der Waals surface area contributed by atoms with E-state index in [-0.39, 0.29) is 18.0 Å². The number of unbranched alkanes of at least 4 members (excludes halogenated alkanes) is 9. The van der Waals surface area contributed by atoms with E-state index in [1.165, 1.54) is 51.4 Å². The second-order valence-corrected chi connectivity index (χ2v) is 8.73. The van der Waals surface area contributed by atoms with Crippen molar-refractivity contribution in [3.05, 3.63) is 65.7 Å². The van der Waals surface area contributed by atoms with E-state index in [0.29, 0.717) is 6.42 Å². The summed E-state index contributed by atoms with van der Waals surface area (Å²) in [5.74, 6) is -0.204. The first-order valence-corrected chi connectivity index (χ1v) is 12.2. The number of carbonyl (C=O) groups is 1. The first-order valence-electron chi connectivity index (χ1n) is 12.2. The third kappa shape index (κ3) is 9.69. The summed E-state index contributed by atoms with van der Waals surface area (Å²) >= 11 is 0. The number of aliphatic hydroxyl groups excluding tert-OH is 1. The molecule has 0 saturated heterocycles. The number of phenolic OH excluding ortho intramolecular Hbond substituents is 1. The summed E-state index contributed by atoms with van der Waals surface area (Å²) in [5.41, 5.74) is 1.77. The van der Waals surface area contributed by atoms with Crippen LogP contribution in [0, 0.1) is 0 Å². The highest BCUT2D eigenvalue weighted by molar-refractivity contribution is 5.89. The van der Waals surface area contributed by atoms with E-state index in [0.717, 1.165) is 24.0 Å². The van der Waals surface area contributed by atoms with Gasteiger partial charge in [-0.1, -0.05) is 114 Å². The molecule has 2 unspecified atom stereocenters. The van der Waals surface area contributed by atoms with Gasteiger partial charge in [0.1, 0.15) is 11.5 Å². The molecule has 0 aromatic heterocycles. The summed E-state index contributed by atoms with van der Waals surface area (Å²) in [6.07, 6.45) is 12.9. The quantitative estimate of drug-likeness (QED) is 0.281. The molecule has 3 heteroatoms. The van der Waals surface area contributed by atoms with Crippen molar-refractivity contribution in [2.24, 2.45) is 0 Å². The van der Waals surface area contributed by atoms with Crippen LogP contribution in [-0.2, 0) is 4.79 Å². The lowest BCUT2D eigenvalue weighted by Gasteiger charge is -2.19. The molecule has 170 valence electrons. The molecule has 0 amide bonds. The molecule has 2 aromatic carbocycles. The van der Waals surface area contributed by atoms with Gasteiger partial charge in [0, 0.05) is 6.42 Å². The monoisotopic (exact) mass is 424 g/mol. The highest BCUT2D eigenvalue weighted by Gasteiger charge is 2.24. The van der Waals surface area contributed by atoms with Crippen LogP contribution in [0.25, 0.3) is 0 Å². The molecule has 2 N–H and O–H groups in total. The first kappa shape index (κ1) is 25.1. The molecule has 0 fully saturated rings. The average Bonchev–Trinajstić information content (AvgIpc) is 2.77. The molecule has 0 bridgehead atoms. The van der Waals surface area contributed by atoms with Crippen molar-refractivity contribution in [2.45, 2.75) is 96.0 Å². The van der Waals surface area contributed by atoms with Gasteiger partial charge < -0.3 is 10.2 Å². The number of Topliss-reactive ketones (excluding diaryl/α,β-unsaturated/α-hetero) is 1. The molecule has 0 heterocycles. The van der Waals surface area contributed by atoms with Gasteiger partial charge in [0.15, 0.2) is 0 Å². The number of benzene rings is 2. The molecule has 0 radical (unpaired) electrons. The van der Waals surface area contributed by atoms with Crippen molar-refractivity contribution in [1.29, 1.82) is 0 Å². The summed E-state index contributed by atoms with van der Waals surface area (Å²) in [7, 11) is 0. The van der Waals surface area contributed by atoms with Crippen molar-refractivity contribution < 1.29 is 15.0 Å². The third-order valence-corrected chi connectivity index (χ3v) is 6.01. The maximum atomic E-state index is 13.1. The largest absolute Gasteiger partial charge is 0.508 e. The number of aromatic hydroxyl groups is 1. The van der Waals surface area contributed by atoms with Crippen LogP contribution in [-0.4, -0.2) is 22.1 Å². The predicted molar refractivity (Wildman–Crippen MR) is 128 cm³/mol. The summed E-state index contributed by atoms with van der Waals surface area (Å²) in [4.78, 5) is 13.1. The fourth-order valence-electron chi connectivity index (χ4n) is 4.20. The molecular formula is C28H40O3. The number of ketones is 1. The Morgan fingerprint density at radius 2 is 1.26 bits per heavy atom. The standard InChI is InChI=1S/C28H40O3/c1-2-3-4-5-6-7-8-9-10-14-17-26(30)22-27(31)28(23-15-12-11-13-16-23)24-18-20-25(29)21-19-24/h11-13,15-16,18-21,26,28-30H,2-10,14,17,22H2,1H3. The van der Waals surface area contributed by atoms with E-state index in [2.05, 4.69) is 6.92 Å². The smallest absolute Gasteiger partial charge is 0.147 e. The predicted octanol–water partition coefficient (Wildman–Crippen LogP) is 7.16. The Morgan fingerprint density at radius 3 is 1.84 bits per heavy atom. The minimum Gasteiger partial charge on any atom is -0.508 e.